The molecule has 0 amide bonds. The summed E-state index contributed by atoms with van der Waals surface area (Å²) in [4.78, 5) is 29.2. The Morgan fingerprint density at radius 1 is 0.647 bits per heavy atom. The van der Waals surface area contributed by atoms with E-state index in [1.807, 2.05) is 0 Å². The van der Waals surface area contributed by atoms with Crippen LogP contribution in [0, 0.1) is 0 Å². The van der Waals surface area contributed by atoms with Gasteiger partial charge in [-0.3, -0.25) is 4.79 Å². The van der Waals surface area contributed by atoms with Crippen LogP contribution in [0.15, 0.2) is 12.2 Å². The maximum atomic E-state index is 10.3. The molecule has 0 aliphatic carbocycles. The molecule has 7 heteroatoms. The third-order valence-electron chi connectivity index (χ3n) is 4.07. The Morgan fingerprint density at radius 2 is 0.971 bits per heavy atom. The quantitative estimate of drug-likeness (QED) is 0.153. The van der Waals surface area contributed by atoms with Crippen molar-refractivity contribution >= 4 is 17.5 Å². The van der Waals surface area contributed by atoms with Crippen molar-refractivity contribution in [3.8, 4) is 0 Å². The summed E-state index contributed by atoms with van der Waals surface area (Å²) in [5.74, 6) is -0.331. The number of ketones is 2. The zero-order valence-electron chi connectivity index (χ0n) is 22.6. The predicted octanol–water partition coefficient (Wildman–Crippen LogP) is 5.63. The molecular weight excluding hydrogens is 436 g/mol. The first-order valence-electron chi connectivity index (χ1n) is 12.8. The highest BCUT2D eigenvalue weighted by atomic mass is 16.4. The summed E-state index contributed by atoms with van der Waals surface area (Å²) in [6.07, 6.45) is 20.3. The second-order valence-corrected chi connectivity index (χ2v) is 8.56. The van der Waals surface area contributed by atoms with E-state index in [1.54, 1.807) is 0 Å². The van der Waals surface area contributed by atoms with E-state index < -0.39 is 12.1 Å². The molecule has 0 rings (SSSR count). The molecule has 204 valence electrons. The molecule has 0 aliphatic rings. The lowest BCUT2D eigenvalue weighted by Crippen LogP contribution is -2.15. The third kappa shape index (κ3) is 69.8. The van der Waals surface area contributed by atoms with E-state index in [2.05, 4.69) is 19.1 Å². The second-order valence-electron chi connectivity index (χ2n) is 8.56. The molecule has 0 spiro atoms. The topological polar surface area (TPSA) is 132 Å². The Balaban J connectivity index is -0.000000260. The number of Topliss-reactive ketones (excluding diaryl/α,β-unsaturated/α-hetero) is 2. The molecule has 0 saturated carbocycles. The van der Waals surface area contributed by atoms with Gasteiger partial charge in [0.2, 0.25) is 0 Å². The minimum atomic E-state index is -0.954. The molecule has 0 bridgehead atoms. The summed E-state index contributed by atoms with van der Waals surface area (Å²) in [6.45, 7) is 7.64. The monoisotopic (exact) mass is 490 g/mol. The summed E-state index contributed by atoms with van der Waals surface area (Å²) in [5, 5.41) is 32.5. The van der Waals surface area contributed by atoms with Gasteiger partial charge in [0.25, 0.3) is 0 Å². The van der Waals surface area contributed by atoms with Crippen molar-refractivity contribution < 1.29 is 34.8 Å². The fourth-order valence-corrected chi connectivity index (χ4v) is 2.40. The van der Waals surface area contributed by atoms with E-state index >= 15 is 0 Å². The maximum absolute atomic E-state index is 10.3. The number of carbonyl (C=O) groups excluding carboxylic acids is 2. The third-order valence-corrected chi connectivity index (χ3v) is 4.07. The van der Waals surface area contributed by atoms with Gasteiger partial charge >= 0.3 is 5.97 Å². The highest BCUT2D eigenvalue weighted by Gasteiger charge is 1.96. The maximum Gasteiger partial charge on any atom is 0.303 e. The van der Waals surface area contributed by atoms with Crippen molar-refractivity contribution in [1.29, 1.82) is 0 Å². The Labute approximate surface area is 208 Å². The molecule has 4 N–H and O–H groups in total. The van der Waals surface area contributed by atoms with Crippen LogP contribution in [-0.2, 0) is 14.4 Å². The largest absolute Gasteiger partial charge is 0.481 e. The first-order chi connectivity index (χ1) is 16.0. The van der Waals surface area contributed by atoms with Gasteiger partial charge in [0.05, 0.1) is 13.2 Å². The average molecular weight is 491 g/mol. The molecule has 7 nitrogen and oxygen atoms in total. The standard InChI is InChI=1S/C18H34O2.C3H8O3.2C3H6O/c1-2-3-4-5-6-7-8-9-10-11-12-13-14-15-16-17-18(19)20;4-1-3(6)2-5;2*1-3(2)4/h9-10H,2-8,11-17H2,1H3,(H,19,20);3-6H,1-2H2;2*1-2H3/b10-9-;;;. The lowest BCUT2D eigenvalue weighted by Gasteiger charge is -1.99. The van der Waals surface area contributed by atoms with Gasteiger partial charge in [-0.25, -0.2) is 0 Å². The number of rotatable bonds is 17. The molecule has 0 unspecified atom stereocenters. The Kier molecular flexibility index (Phi) is 42.0. The number of aliphatic hydroxyl groups excluding tert-OH is 3. The van der Waals surface area contributed by atoms with Gasteiger partial charge < -0.3 is 30.0 Å². The number of unbranched alkanes of at least 4 members (excludes halogenated alkanes) is 11. The lowest BCUT2D eigenvalue weighted by molar-refractivity contribution is -0.137. The molecule has 0 aromatic heterocycles. The van der Waals surface area contributed by atoms with Gasteiger partial charge in [-0.15, -0.1) is 0 Å². The molecule has 0 aliphatic heterocycles. The highest BCUT2D eigenvalue weighted by Crippen LogP contribution is 2.09. The molecule has 34 heavy (non-hydrogen) atoms. The van der Waals surface area contributed by atoms with Crippen LogP contribution in [0.2, 0.25) is 0 Å². The number of carboxylic acid groups (broad SMARTS) is 1. The Morgan fingerprint density at radius 3 is 1.26 bits per heavy atom. The molecule has 0 fully saturated rings. The summed E-state index contributed by atoms with van der Waals surface area (Å²) < 4.78 is 0. The normalized spacial score (nSPS) is 9.91. The molecular formula is C27H54O7. The summed E-state index contributed by atoms with van der Waals surface area (Å²) in [6, 6.07) is 0. The first kappa shape index (κ1) is 39.6. The average Bonchev–Trinajstić information content (AvgIpc) is 2.75. The highest BCUT2D eigenvalue weighted by molar-refractivity contribution is 5.72. The van der Waals surface area contributed by atoms with Gasteiger partial charge in [0.15, 0.2) is 0 Å². The van der Waals surface area contributed by atoms with Gasteiger partial charge in [-0.05, 0) is 59.8 Å². The fraction of sp³-hybridized carbons (Fsp3) is 0.815. The van der Waals surface area contributed by atoms with Crippen LogP contribution in [0.1, 0.15) is 125 Å². The van der Waals surface area contributed by atoms with Crippen LogP contribution in [0.4, 0.5) is 0 Å². The van der Waals surface area contributed by atoms with Crippen LogP contribution >= 0.6 is 0 Å². The van der Waals surface area contributed by atoms with Gasteiger partial charge in [-0.2, -0.15) is 0 Å². The minimum absolute atomic E-state index is 0.167. The lowest BCUT2D eigenvalue weighted by atomic mass is 10.1. The fourth-order valence-electron chi connectivity index (χ4n) is 2.40. The minimum Gasteiger partial charge on any atom is -0.481 e. The van der Waals surface area contributed by atoms with E-state index in [0.29, 0.717) is 6.42 Å². The zero-order valence-corrected chi connectivity index (χ0v) is 22.6. The van der Waals surface area contributed by atoms with Crippen molar-refractivity contribution in [2.75, 3.05) is 13.2 Å². The number of hydrogen-bond acceptors (Lipinski definition) is 6. The number of aliphatic hydroxyl groups is 3. The summed E-state index contributed by atoms with van der Waals surface area (Å²) in [5.41, 5.74) is 0. The molecule has 0 aromatic carbocycles. The van der Waals surface area contributed by atoms with Crippen molar-refractivity contribution in [3.63, 3.8) is 0 Å². The number of hydrogen-bond donors (Lipinski definition) is 4. The van der Waals surface area contributed by atoms with Crippen molar-refractivity contribution in [2.24, 2.45) is 0 Å². The van der Waals surface area contributed by atoms with Crippen LogP contribution in [0.3, 0.4) is 0 Å². The van der Waals surface area contributed by atoms with E-state index in [-0.39, 0.29) is 24.8 Å². The van der Waals surface area contributed by atoms with Crippen LogP contribution < -0.4 is 0 Å². The van der Waals surface area contributed by atoms with Gasteiger partial charge in [0.1, 0.15) is 17.7 Å². The predicted molar refractivity (Wildman–Crippen MR) is 140 cm³/mol. The number of aliphatic carboxylic acids is 1. The zero-order chi connectivity index (χ0) is 27.0. The molecule has 0 heterocycles. The van der Waals surface area contributed by atoms with E-state index in [4.69, 9.17) is 20.4 Å². The van der Waals surface area contributed by atoms with Gasteiger partial charge in [0, 0.05) is 6.42 Å². The number of carboxylic acids is 1. The van der Waals surface area contributed by atoms with Crippen LogP contribution in [-0.4, -0.2) is 57.3 Å². The second kappa shape index (κ2) is 36.0. The van der Waals surface area contributed by atoms with Gasteiger partial charge in [-0.1, -0.05) is 70.4 Å². The molecule has 0 radical (unpaired) electrons. The Bertz CT molecular complexity index is 438. The van der Waals surface area contributed by atoms with Crippen molar-refractivity contribution in [1.82, 2.24) is 0 Å². The number of carbonyl (C=O) groups is 3. The summed E-state index contributed by atoms with van der Waals surface area (Å²) in [7, 11) is 0. The molecule has 0 atom stereocenters. The van der Waals surface area contributed by atoms with Crippen molar-refractivity contribution in [2.45, 2.75) is 131 Å². The first-order valence-corrected chi connectivity index (χ1v) is 12.8. The summed E-state index contributed by atoms with van der Waals surface area (Å²) >= 11 is 0. The number of allylic oxidation sites excluding steroid dienone is 2. The van der Waals surface area contributed by atoms with E-state index in [9.17, 15) is 14.4 Å². The Hall–Kier alpha value is -1.57. The molecule has 0 saturated heterocycles. The molecule has 0 aromatic rings. The van der Waals surface area contributed by atoms with E-state index in [1.165, 1.54) is 98.3 Å². The SMILES string of the molecule is CC(C)=O.CC(C)=O.CCCCCCCC/C=C\CCCCCCCC(=O)O.OCC(O)CO. The van der Waals surface area contributed by atoms with Crippen LogP contribution in [0.5, 0.6) is 0 Å². The smallest absolute Gasteiger partial charge is 0.303 e. The van der Waals surface area contributed by atoms with E-state index in [0.717, 1.165) is 12.8 Å². The van der Waals surface area contributed by atoms with Crippen LogP contribution in [0.25, 0.3) is 0 Å². The van der Waals surface area contributed by atoms with Crippen molar-refractivity contribution in [3.05, 3.63) is 12.2 Å².